The van der Waals surface area contributed by atoms with E-state index in [1.807, 2.05) is 12.1 Å². The van der Waals surface area contributed by atoms with Crippen LogP contribution in [0.2, 0.25) is 0 Å². The number of amides is 2. The Morgan fingerprint density at radius 2 is 1.97 bits per heavy atom. The number of carbonyl (C=O) groups excluding carboxylic acids is 3. The van der Waals surface area contributed by atoms with Crippen molar-refractivity contribution in [3.63, 3.8) is 0 Å². The Labute approximate surface area is 179 Å². The molecule has 3 heterocycles. The highest BCUT2D eigenvalue weighted by molar-refractivity contribution is 8.18. The number of esters is 1. The van der Waals surface area contributed by atoms with Gasteiger partial charge in [-0.1, -0.05) is 18.2 Å². The molecule has 31 heavy (non-hydrogen) atoms. The second-order valence-electron chi connectivity index (χ2n) is 6.65. The molecule has 1 N–H and O–H groups in total. The van der Waals surface area contributed by atoms with Crippen molar-refractivity contribution in [2.45, 2.75) is 13.1 Å². The largest absolute Gasteiger partial charge is 0.480 e. The fourth-order valence-electron chi connectivity index (χ4n) is 3.27. The van der Waals surface area contributed by atoms with E-state index in [0.717, 1.165) is 22.0 Å². The summed E-state index contributed by atoms with van der Waals surface area (Å²) in [6.45, 7) is -0.351. The minimum atomic E-state index is -0.989. The third-order valence-electron chi connectivity index (χ3n) is 4.65. The van der Waals surface area contributed by atoms with Gasteiger partial charge in [-0.2, -0.15) is 0 Å². The maximum absolute atomic E-state index is 12.8. The third kappa shape index (κ3) is 3.97. The molecular formula is C21H16N2O7S. The molecule has 0 unspecified atom stereocenters. The number of carbonyl (C=O) groups is 4. The molecule has 0 aliphatic carbocycles. The summed E-state index contributed by atoms with van der Waals surface area (Å²) < 4.78 is 11.5. The highest BCUT2D eigenvalue weighted by Crippen LogP contribution is 2.35. The fourth-order valence-corrected chi connectivity index (χ4v) is 4.10. The molecule has 1 saturated heterocycles. The van der Waals surface area contributed by atoms with E-state index >= 15 is 0 Å². The summed E-state index contributed by atoms with van der Waals surface area (Å²) in [6.07, 6.45) is 3.22. The van der Waals surface area contributed by atoms with Gasteiger partial charge in [-0.15, -0.1) is 0 Å². The van der Waals surface area contributed by atoms with Crippen LogP contribution in [0.1, 0.15) is 21.9 Å². The third-order valence-corrected chi connectivity index (χ3v) is 5.55. The molecule has 0 atom stereocenters. The van der Waals surface area contributed by atoms with Gasteiger partial charge in [0.05, 0.1) is 18.6 Å². The van der Waals surface area contributed by atoms with Crippen LogP contribution in [0.4, 0.5) is 4.79 Å². The van der Waals surface area contributed by atoms with E-state index in [0.29, 0.717) is 11.1 Å². The van der Waals surface area contributed by atoms with E-state index in [9.17, 15) is 19.2 Å². The first-order valence-corrected chi connectivity index (χ1v) is 9.91. The quantitative estimate of drug-likeness (QED) is 0.458. The molecule has 1 aliphatic rings. The number of benzene rings is 1. The van der Waals surface area contributed by atoms with E-state index in [4.69, 9.17) is 9.52 Å². The summed E-state index contributed by atoms with van der Waals surface area (Å²) in [5, 5.41) is 9.44. The summed E-state index contributed by atoms with van der Waals surface area (Å²) in [5.74, 6) is -1.90. The van der Waals surface area contributed by atoms with Gasteiger partial charge in [0, 0.05) is 22.7 Å². The minimum absolute atomic E-state index is 0.0220. The number of hydrogen-bond donors (Lipinski definition) is 1. The van der Waals surface area contributed by atoms with Crippen molar-refractivity contribution in [3.05, 3.63) is 64.6 Å². The SMILES string of the molecule is COC(=O)c1ccc(CN2C(=O)SC(=Cc3cn(CC(=O)O)c4ccccc34)C2=O)o1. The number of hydrogen-bond acceptors (Lipinski definition) is 7. The molecule has 10 heteroatoms. The summed E-state index contributed by atoms with van der Waals surface area (Å²) in [5.41, 5.74) is 1.34. The molecule has 158 valence electrons. The maximum Gasteiger partial charge on any atom is 0.373 e. The van der Waals surface area contributed by atoms with Crippen LogP contribution in [0.15, 0.2) is 51.9 Å². The molecule has 9 nitrogen and oxygen atoms in total. The number of para-hydroxylation sites is 1. The molecular weight excluding hydrogens is 424 g/mol. The van der Waals surface area contributed by atoms with Gasteiger partial charge in [-0.3, -0.25) is 19.3 Å². The molecule has 0 bridgehead atoms. The first-order valence-electron chi connectivity index (χ1n) is 9.09. The Hall–Kier alpha value is -3.79. The first kappa shape index (κ1) is 20.5. The Balaban J connectivity index is 1.61. The van der Waals surface area contributed by atoms with Crippen LogP contribution in [0.25, 0.3) is 17.0 Å². The van der Waals surface area contributed by atoms with Crippen molar-refractivity contribution in [1.29, 1.82) is 0 Å². The van der Waals surface area contributed by atoms with Gasteiger partial charge in [-0.25, -0.2) is 4.79 Å². The van der Waals surface area contributed by atoms with Gasteiger partial charge < -0.3 is 18.8 Å². The second-order valence-corrected chi connectivity index (χ2v) is 7.64. The van der Waals surface area contributed by atoms with Crippen molar-refractivity contribution in [3.8, 4) is 0 Å². The number of aliphatic carboxylic acids is 1. The Kier molecular flexibility index (Phi) is 5.38. The number of ether oxygens (including phenoxy) is 1. The van der Waals surface area contributed by atoms with Gasteiger partial charge in [0.1, 0.15) is 12.3 Å². The summed E-state index contributed by atoms with van der Waals surface area (Å²) in [4.78, 5) is 49.1. The van der Waals surface area contributed by atoms with Crippen LogP contribution >= 0.6 is 11.8 Å². The monoisotopic (exact) mass is 440 g/mol. The zero-order valence-electron chi connectivity index (χ0n) is 16.2. The number of furan rings is 1. The van der Waals surface area contributed by atoms with E-state index in [1.165, 1.54) is 19.2 Å². The van der Waals surface area contributed by atoms with Crippen LogP contribution in [0.5, 0.6) is 0 Å². The minimum Gasteiger partial charge on any atom is -0.480 e. The number of rotatable bonds is 6. The standard InChI is InChI=1S/C21H16N2O7S/c1-29-20(27)16-7-6-13(30-16)10-23-19(26)17(31-21(23)28)8-12-9-22(11-18(24)25)15-5-3-2-4-14(12)15/h2-9H,10-11H2,1H3,(H,24,25). The van der Waals surface area contributed by atoms with Crippen LogP contribution in [0.3, 0.4) is 0 Å². The Morgan fingerprint density at radius 3 is 2.71 bits per heavy atom. The van der Waals surface area contributed by atoms with Crippen molar-refractivity contribution in [1.82, 2.24) is 9.47 Å². The number of nitrogens with zero attached hydrogens (tertiary/aromatic N) is 2. The average molecular weight is 440 g/mol. The van der Waals surface area contributed by atoms with Crippen LogP contribution < -0.4 is 0 Å². The lowest BCUT2D eigenvalue weighted by Crippen LogP contribution is -2.27. The summed E-state index contributed by atoms with van der Waals surface area (Å²) >= 11 is 0.785. The second kappa shape index (κ2) is 8.15. The lowest BCUT2D eigenvalue weighted by Gasteiger charge is -2.09. The molecule has 1 fully saturated rings. The molecule has 0 spiro atoms. The van der Waals surface area contributed by atoms with Crippen molar-refractivity contribution >= 4 is 51.8 Å². The van der Waals surface area contributed by atoms with Gasteiger partial charge in [-0.05, 0) is 36.0 Å². The average Bonchev–Trinajstić information content (AvgIpc) is 3.42. The Morgan fingerprint density at radius 1 is 1.19 bits per heavy atom. The summed E-state index contributed by atoms with van der Waals surface area (Å²) in [7, 11) is 1.22. The van der Waals surface area contributed by atoms with Gasteiger partial charge in [0.25, 0.3) is 11.1 Å². The molecule has 2 amide bonds. The summed E-state index contributed by atoms with van der Waals surface area (Å²) in [6, 6.07) is 10.1. The topological polar surface area (TPSA) is 119 Å². The number of carboxylic acids is 1. The van der Waals surface area contributed by atoms with E-state index < -0.39 is 23.1 Å². The zero-order chi connectivity index (χ0) is 22.1. The number of carboxylic acid groups (broad SMARTS) is 1. The fraction of sp³-hybridized carbons (Fsp3) is 0.143. The molecule has 0 radical (unpaired) electrons. The van der Waals surface area contributed by atoms with Crippen LogP contribution in [-0.2, 0) is 27.4 Å². The van der Waals surface area contributed by atoms with E-state index in [2.05, 4.69) is 4.74 Å². The lowest BCUT2D eigenvalue weighted by molar-refractivity contribution is -0.137. The zero-order valence-corrected chi connectivity index (χ0v) is 17.0. The highest BCUT2D eigenvalue weighted by Gasteiger charge is 2.36. The van der Waals surface area contributed by atoms with Crippen molar-refractivity contribution in [2.75, 3.05) is 7.11 Å². The van der Waals surface area contributed by atoms with Gasteiger partial charge in [0.15, 0.2) is 0 Å². The predicted molar refractivity (Wildman–Crippen MR) is 111 cm³/mol. The molecule has 1 aliphatic heterocycles. The lowest BCUT2D eigenvalue weighted by atomic mass is 10.1. The smallest absolute Gasteiger partial charge is 0.373 e. The molecule has 2 aromatic heterocycles. The van der Waals surface area contributed by atoms with Gasteiger partial charge in [0.2, 0.25) is 5.76 Å². The molecule has 3 aromatic rings. The van der Waals surface area contributed by atoms with Crippen molar-refractivity contribution in [2.24, 2.45) is 0 Å². The van der Waals surface area contributed by atoms with E-state index in [-0.39, 0.29) is 29.5 Å². The predicted octanol–water partition coefficient (Wildman–Crippen LogP) is 3.34. The first-order chi connectivity index (χ1) is 14.9. The maximum atomic E-state index is 12.8. The number of imide groups is 1. The Bertz CT molecular complexity index is 1250. The molecule has 0 saturated carbocycles. The molecule has 1 aromatic carbocycles. The van der Waals surface area contributed by atoms with Crippen molar-refractivity contribution < 1.29 is 33.4 Å². The number of methoxy groups -OCH3 is 1. The molecule has 4 rings (SSSR count). The normalized spacial score (nSPS) is 15.3. The van der Waals surface area contributed by atoms with Crippen LogP contribution in [-0.4, -0.2) is 44.8 Å². The number of aromatic nitrogens is 1. The number of thioether (sulfide) groups is 1. The number of fused-ring (bicyclic) bond motifs is 1. The van der Waals surface area contributed by atoms with E-state index in [1.54, 1.807) is 29.0 Å². The van der Waals surface area contributed by atoms with Crippen LogP contribution in [0, 0.1) is 0 Å². The van der Waals surface area contributed by atoms with Gasteiger partial charge >= 0.3 is 11.9 Å². The highest BCUT2D eigenvalue weighted by atomic mass is 32.2.